The SMILES string of the molecule is C=CC(=O)N1CCC(c2cc3ncc(-c4sc(C)nc4C)cc3cn2)C1. The summed E-state index contributed by atoms with van der Waals surface area (Å²) in [6.45, 7) is 9.06. The number of hydrogen-bond donors (Lipinski definition) is 0. The largest absolute Gasteiger partial charge is 0.338 e. The third kappa shape index (κ3) is 3.01. The van der Waals surface area contributed by atoms with Crippen LogP contribution in [0, 0.1) is 13.8 Å². The topological polar surface area (TPSA) is 59.0 Å². The number of aryl methyl sites for hydroxylation is 2. The van der Waals surface area contributed by atoms with E-state index >= 15 is 0 Å². The van der Waals surface area contributed by atoms with Gasteiger partial charge in [0.25, 0.3) is 0 Å². The van der Waals surface area contributed by atoms with Crippen LogP contribution < -0.4 is 0 Å². The third-order valence-corrected chi connectivity index (χ3v) is 5.97. The molecular weight excluding hydrogens is 344 g/mol. The maximum Gasteiger partial charge on any atom is 0.245 e. The van der Waals surface area contributed by atoms with E-state index < -0.39 is 0 Å². The molecule has 1 saturated heterocycles. The predicted octanol–water partition coefficient (Wildman–Crippen LogP) is 3.87. The van der Waals surface area contributed by atoms with Gasteiger partial charge in [-0.1, -0.05) is 6.58 Å². The lowest BCUT2D eigenvalue weighted by atomic mass is 10.0. The van der Waals surface area contributed by atoms with Crippen molar-refractivity contribution in [3.63, 3.8) is 0 Å². The second kappa shape index (κ2) is 6.61. The zero-order chi connectivity index (χ0) is 18.3. The molecule has 0 radical (unpaired) electrons. The van der Waals surface area contributed by atoms with Crippen LogP contribution in [0.2, 0.25) is 0 Å². The van der Waals surface area contributed by atoms with E-state index in [2.05, 4.69) is 33.7 Å². The Morgan fingerprint density at radius 1 is 1.31 bits per heavy atom. The van der Waals surface area contributed by atoms with E-state index in [4.69, 9.17) is 0 Å². The number of carbonyl (C=O) groups excluding carboxylic acids is 1. The van der Waals surface area contributed by atoms with E-state index in [9.17, 15) is 4.79 Å². The number of rotatable bonds is 3. The third-order valence-electron chi connectivity index (χ3n) is 4.85. The summed E-state index contributed by atoms with van der Waals surface area (Å²) in [7, 11) is 0. The first-order valence-corrected chi connectivity index (χ1v) is 9.48. The van der Waals surface area contributed by atoms with Gasteiger partial charge in [0.15, 0.2) is 0 Å². The molecule has 6 heteroatoms. The average molecular weight is 364 g/mol. The van der Waals surface area contributed by atoms with Crippen LogP contribution in [0.3, 0.4) is 0 Å². The fourth-order valence-electron chi connectivity index (χ4n) is 3.52. The Morgan fingerprint density at radius 3 is 2.88 bits per heavy atom. The van der Waals surface area contributed by atoms with E-state index in [1.54, 1.807) is 11.3 Å². The lowest BCUT2D eigenvalue weighted by Crippen LogP contribution is -2.26. The summed E-state index contributed by atoms with van der Waals surface area (Å²) in [6, 6.07) is 4.18. The Labute approximate surface area is 156 Å². The zero-order valence-corrected chi connectivity index (χ0v) is 15.7. The summed E-state index contributed by atoms with van der Waals surface area (Å²) in [5.41, 5.74) is 4.06. The van der Waals surface area contributed by atoms with Gasteiger partial charge in [0, 0.05) is 48.0 Å². The highest BCUT2D eigenvalue weighted by Crippen LogP contribution is 2.32. The Morgan fingerprint density at radius 2 is 2.15 bits per heavy atom. The number of aromatic nitrogens is 3. The van der Waals surface area contributed by atoms with Gasteiger partial charge in [-0.25, -0.2) is 4.98 Å². The molecule has 1 fully saturated rings. The molecule has 1 amide bonds. The molecule has 1 aliphatic heterocycles. The molecular formula is C20H20N4OS. The minimum Gasteiger partial charge on any atom is -0.338 e. The second-order valence-corrected chi connectivity index (χ2v) is 7.85. The summed E-state index contributed by atoms with van der Waals surface area (Å²) < 4.78 is 0. The highest BCUT2D eigenvalue weighted by Gasteiger charge is 2.27. The minimum atomic E-state index is -0.00808. The summed E-state index contributed by atoms with van der Waals surface area (Å²) in [5.74, 6) is 0.252. The number of amides is 1. The average Bonchev–Trinajstić information content (AvgIpc) is 3.26. The van der Waals surface area contributed by atoms with Gasteiger partial charge >= 0.3 is 0 Å². The van der Waals surface area contributed by atoms with Crippen molar-refractivity contribution in [1.29, 1.82) is 0 Å². The van der Waals surface area contributed by atoms with Crippen LogP contribution >= 0.6 is 11.3 Å². The smallest absolute Gasteiger partial charge is 0.245 e. The normalized spacial score (nSPS) is 17.0. The van der Waals surface area contributed by atoms with Crippen LogP contribution in [-0.2, 0) is 4.79 Å². The first-order valence-electron chi connectivity index (χ1n) is 8.66. The molecule has 0 aromatic carbocycles. The van der Waals surface area contributed by atoms with E-state index in [-0.39, 0.29) is 11.8 Å². The molecule has 0 N–H and O–H groups in total. The van der Waals surface area contributed by atoms with Crippen LogP contribution in [-0.4, -0.2) is 38.8 Å². The lowest BCUT2D eigenvalue weighted by molar-refractivity contribution is -0.125. The van der Waals surface area contributed by atoms with Gasteiger partial charge in [-0.3, -0.25) is 14.8 Å². The molecule has 3 aromatic heterocycles. The Bertz CT molecular complexity index is 1010. The molecule has 4 rings (SSSR count). The monoisotopic (exact) mass is 364 g/mol. The number of carbonyl (C=O) groups is 1. The molecule has 0 spiro atoms. The van der Waals surface area contributed by atoms with Gasteiger partial charge in [0.1, 0.15) is 0 Å². The second-order valence-electron chi connectivity index (χ2n) is 6.65. The highest BCUT2D eigenvalue weighted by molar-refractivity contribution is 7.15. The van der Waals surface area contributed by atoms with Gasteiger partial charge in [0.05, 0.1) is 21.1 Å². The van der Waals surface area contributed by atoms with Crippen molar-refractivity contribution in [1.82, 2.24) is 19.9 Å². The Balaban J connectivity index is 1.63. The van der Waals surface area contributed by atoms with Crippen LogP contribution in [0.5, 0.6) is 0 Å². The first kappa shape index (κ1) is 16.8. The predicted molar refractivity (Wildman–Crippen MR) is 104 cm³/mol. The molecule has 3 aromatic rings. The molecule has 0 saturated carbocycles. The number of pyridine rings is 2. The molecule has 0 bridgehead atoms. The molecule has 26 heavy (non-hydrogen) atoms. The number of nitrogens with zero attached hydrogens (tertiary/aromatic N) is 4. The lowest BCUT2D eigenvalue weighted by Gasteiger charge is -2.14. The summed E-state index contributed by atoms with van der Waals surface area (Å²) in [5, 5.41) is 2.08. The maximum absolute atomic E-state index is 11.8. The van der Waals surface area contributed by atoms with Gasteiger partial charge < -0.3 is 4.90 Å². The van der Waals surface area contributed by atoms with Crippen molar-refractivity contribution in [2.75, 3.05) is 13.1 Å². The fraction of sp³-hybridized carbons (Fsp3) is 0.300. The molecule has 5 nitrogen and oxygen atoms in total. The van der Waals surface area contributed by atoms with Gasteiger partial charge in [-0.05, 0) is 38.5 Å². The molecule has 4 heterocycles. The van der Waals surface area contributed by atoms with Crippen molar-refractivity contribution in [2.45, 2.75) is 26.2 Å². The molecule has 1 atom stereocenters. The molecule has 132 valence electrons. The number of likely N-dealkylation sites (tertiary alicyclic amines) is 1. The number of fused-ring (bicyclic) bond motifs is 1. The van der Waals surface area contributed by atoms with E-state index in [0.717, 1.165) is 50.7 Å². The first-order chi connectivity index (χ1) is 12.5. The van der Waals surface area contributed by atoms with Crippen molar-refractivity contribution >= 4 is 28.1 Å². The quantitative estimate of drug-likeness (QED) is 0.662. The standard InChI is InChI=1S/C20H20N4OS/c1-4-19(25)24-6-5-14(11-24)17-8-18-15(9-21-17)7-16(10-22-18)20-12(2)23-13(3)26-20/h4,7-10,14H,1,5-6,11H2,2-3H3. The molecule has 0 aliphatic carbocycles. The summed E-state index contributed by atoms with van der Waals surface area (Å²) in [4.78, 5) is 28.6. The van der Waals surface area contributed by atoms with E-state index in [0.29, 0.717) is 6.54 Å². The maximum atomic E-state index is 11.8. The van der Waals surface area contributed by atoms with Crippen LogP contribution in [0.15, 0.2) is 37.2 Å². The molecule has 1 aliphatic rings. The van der Waals surface area contributed by atoms with Gasteiger partial charge in [-0.2, -0.15) is 0 Å². The highest BCUT2D eigenvalue weighted by atomic mass is 32.1. The number of thiazole rings is 1. The van der Waals surface area contributed by atoms with Gasteiger partial charge in [-0.15, -0.1) is 11.3 Å². The Kier molecular flexibility index (Phi) is 4.28. The van der Waals surface area contributed by atoms with E-state index in [1.165, 1.54) is 6.08 Å². The van der Waals surface area contributed by atoms with Crippen LogP contribution in [0.1, 0.15) is 28.7 Å². The minimum absolute atomic E-state index is 0.00808. The fourth-order valence-corrected chi connectivity index (χ4v) is 4.42. The van der Waals surface area contributed by atoms with E-state index in [1.807, 2.05) is 31.1 Å². The molecule has 1 unspecified atom stereocenters. The summed E-state index contributed by atoms with van der Waals surface area (Å²) >= 11 is 1.69. The van der Waals surface area contributed by atoms with Crippen molar-refractivity contribution in [2.24, 2.45) is 0 Å². The van der Waals surface area contributed by atoms with Gasteiger partial charge in [0.2, 0.25) is 5.91 Å². The van der Waals surface area contributed by atoms with Crippen molar-refractivity contribution in [3.05, 3.63) is 53.6 Å². The van der Waals surface area contributed by atoms with Crippen molar-refractivity contribution < 1.29 is 4.79 Å². The Hall–Kier alpha value is -2.60. The zero-order valence-electron chi connectivity index (χ0n) is 14.9. The van der Waals surface area contributed by atoms with Crippen molar-refractivity contribution in [3.8, 4) is 10.4 Å². The van der Waals surface area contributed by atoms with Crippen LogP contribution in [0.4, 0.5) is 0 Å². The number of hydrogen-bond acceptors (Lipinski definition) is 5. The summed E-state index contributed by atoms with van der Waals surface area (Å²) in [6.07, 6.45) is 6.11. The van der Waals surface area contributed by atoms with Crippen LogP contribution in [0.25, 0.3) is 21.3 Å².